The Hall–Kier alpha value is -0.410. The topological polar surface area (TPSA) is 18.5 Å². The highest BCUT2D eigenvalue weighted by Crippen LogP contribution is 2.44. The van der Waals surface area contributed by atoms with Gasteiger partial charge in [-0.25, -0.2) is 0 Å². The van der Waals surface area contributed by atoms with Crippen molar-refractivity contribution < 1.29 is 9.47 Å². The molecule has 0 radical (unpaired) electrons. The van der Waals surface area contributed by atoms with E-state index >= 15 is 0 Å². The first-order valence-electron chi connectivity index (χ1n) is 4.00. The van der Waals surface area contributed by atoms with Crippen LogP contribution >= 0.6 is 27.5 Å². The minimum Gasteiger partial charge on any atom is -0.453 e. The van der Waals surface area contributed by atoms with Crippen LogP contribution in [-0.2, 0) is 6.42 Å². The molecule has 0 aromatic heterocycles. The summed E-state index contributed by atoms with van der Waals surface area (Å²) in [5.74, 6) is 1.38. The Morgan fingerprint density at radius 2 is 2.31 bits per heavy atom. The van der Waals surface area contributed by atoms with E-state index in [-0.39, 0.29) is 6.79 Å². The van der Waals surface area contributed by atoms with E-state index in [1.54, 1.807) is 0 Å². The average molecular weight is 264 g/mol. The summed E-state index contributed by atoms with van der Waals surface area (Å²) in [5.41, 5.74) is 1.06. The predicted molar refractivity (Wildman–Crippen MR) is 54.7 cm³/mol. The summed E-state index contributed by atoms with van der Waals surface area (Å²) < 4.78 is 11.5. The summed E-state index contributed by atoms with van der Waals surface area (Å²) >= 11 is 9.57. The van der Waals surface area contributed by atoms with Gasteiger partial charge in [0.2, 0.25) is 6.79 Å². The molecule has 0 unspecified atom stereocenters. The van der Waals surface area contributed by atoms with Gasteiger partial charge in [0.25, 0.3) is 0 Å². The number of rotatable bonds is 1. The minimum absolute atomic E-state index is 0.259. The first kappa shape index (κ1) is 9.16. The van der Waals surface area contributed by atoms with Crippen molar-refractivity contribution in [1.29, 1.82) is 0 Å². The monoisotopic (exact) mass is 262 g/mol. The highest BCUT2D eigenvalue weighted by atomic mass is 79.9. The molecule has 0 amide bonds. The molecule has 2 rings (SSSR count). The predicted octanol–water partition coefficient (Wildman–Crippen LogP) is 3.39. The van der Waals surface area contributed by atoms with Gasteiger partial charge in [0.05, 0.1) is 5.02 Å². The van der Waals surface area contributed by atoms with Crippen LogP contribution in [0.15, 0.2) is 10.5 Å². The zero-order valence-electron chi connectivity index (χ0n) is 7.06. The minimum atomic E-state index is 0.259. The van der Waals surface area contributed by atoms with Crippen molar-refractivity contribution in [1.82, 2.24) is 0 Å². The summed E-state index contributed by atoms with van der Waals surface area (Å²) in [6.07, 6.45) is 0.871. The molecule has 0 aliphatic carbocycles. The Morgan fingerprint density at radius 1 is 1.54 bits per heavy atom. The highest BCUT2D eigenvalue weighted by molar-refractivity contribution is 9.10. The van der Waals surface area contributed by atoms with Gasteiger partial charge in [-0.3, -0.25) is 0 Å². The molecule has 4 heteroatoms. The second kappa shape index (κ2) is 3.39. The molecule has 1 aromatic rings. The van der Waals surface area contributed by atoms with Crippen molar-refractivity contribution in [3.8, 4) is 11.5 Å². The Bertz CT molecular complexity index is 348. The van der Waals surface area contributed by atoms with Crippen LogP contribution in [0.5, 0.6) is 11.5 Å². The molecule has 0 saturated carbocycles. The van der Waals surface area contributed by atoms with Crippen LogP contribution in [0.1, 0.15) is 12.5 Å². The van der Waals surface area contributed by atoms with E-state index in [0.717, 1.165) is 16.5 Å². The molecule has 1 aromatic carbocycles. The third-order valence-corrected chi connectivity index (χ3v) is 3.11. The molecule has 0 bridgehead atoms. The Kier molecular flexibility index (Phi) is 2.39. The Labute approximate surface area is 89.9 Å². The van der Waals surface area contributed by atoms with Gasteiger partial charge in [0, 0.05) is 4.47 Å². The molecule has 0 fully saturated rings. The van der Waals surface area contributed by atoms with Crippen LogP contribution in [0.2, 0.25) is 5.02 Å². The van der Waals surface area contributed by atoms with Crippen LogP contribution in [0.25, 0.3) is 0 Å². The number of halogens is 2. The molecule has 2 nitrogen and oxygen atoms in total. The lowest BCUT2D eigenvalue weighted by molar-refractivity contribution is 0.174. The molecular weight excluding hydrogens is 255 g/mol. The van der Waals surface area contributed by atoms with E-state index < -0.39 is 0 Å². The molecule has 1 aliphatic rings. The third-order valence-electron chi connectivity index (χ3n) is 2.01. The molecule has 1 aliphatic heterocycles. The average Bonchev–Trinajstić information content (AvgIpc) is 2.53. The zero-order chi connectivity index (χ0) is 9.42. The van der Waals surface area contributed by atoms with Gasteiger partial charge in [0.15, 0.2) is 11.5 Å². The van der Waals surface area contributed by atoms with Gasteiger partial charge in [-0.2, -0.15) is 0 Å². The van der Waals surface area contributed by atoms with Gasteiger partial charge in [-0.05, 0) is 18.1 Å². The number of ether oxygens (including phenoxy) is 2. The maximum atomic E-state index is 6.12. The van der Waals surface area contributed by atoms with E-state index in [0.29, 0.717) is 16.5 Å². The fourth-order valence-corrected chi connectivity index (χ4v) is 2.52. The standard InChI is InChI=1S/C9H8BrClO2/c1-2-5-6(10)3-7-9(8(5)11)13-4-12-7/h3H,2,4H2,1H3. The largest absolute Gasteiger partial charge is 0.453 e. The van der Waals surface area contributed by atoms with Gasteiger partial charge in [0.1, 0.15) is 0 Å². The molecule has 70 valence electrons. The lowest BCUT2D eigenvalue weighted by atomic mass is 10.1. The summed E-state index contributed by atoms with van der Waals surface area (Å²) in [4.78, 5) is 0. The number of benzene rings is 1. The highest BCUT2D eigenvalue weighted by Gasteiger charge is 2.21. The van der Waals surface area contributed by atoms with E-state index in [9.17, 15) is 0 Å². The van der Waals surface area contributed by atoms with Crippen LogP contribution in [0.3, 0.4) is 0 Å². The van der Waals surface area contributed by atoms with Gasteiger partial charge >= 0.3 is 0 Å². The van der Waals surface area contributed by atoms with Crippen molar-refractivity contribution in [3.63, 3.8) is 0 Å². The molecule has 1 heterocycles. The second-order valence-corrected chi connectivity index (χ2v) is 3.97. The third kappa shape index (κ3) is 1.40. The zero-order valence-corrected chi connectivity index (χ0v) is 9.41. The smallest absolute Gasteiger partial charge is 0.231 e. The van der Waals surface area contributed by atoms with Crippen LogP contribution in [0.4, 0.5) is 0 Å². The summed E-state index contributed by atoms with van der Waals surface area (Å²) in [5, 5.41) is 0.657. The molecular formula is C9H8BrClO2. The molecule has 13 heavy (non-hydrogen) atoms. The first-order valence-corrected chi connectivity index (χ1v) is 5.17. The first-order chi connectivity index (χ1) is 6.24. The Balaban J connectivity index is 2.62. The fourth-order valence-electron chi connectivity index (χ4n) is 1.34. The molecule has 0 atom stereocenters. The summed E-state index contributed by atoms with van der Waals surface area (Å²) in [6.45, 7) is 2.31. The number of hydrogen-bond acceptors (Lipinski definition) is 2. The van der Waals surface area contributed by atoms with Gasteiger partial charge < -0.3 is 9.47 Å². The van der Waals surface area contributed by atoms with E-state index in [1.807, 2.05) is 13.0 Å². The van der Waals surface area contributed by atoms with Crippen LogP contribution in [-0.4, -0.2) is 6.79 Å². The van der Waals surface area contributed by atoms with Crippen molar-refractivity contribution in [2.75, 3.05) is 6.79 Å². The van der Waals surface area contributed by atoms with Gasteiger partial charge in [-0.15, -0.1) is 0 Å². The lowest BCUT2D eigenvalue weighted by Gasteiger charge is -2.06. The molecule has 0 spiro atoms. The molecule has 0 saturated heterocycles. The van der Waals surface area contributed by atoms with E-state index in [4.69, 9.17) is 21.1 Å². The maximum Gasteiger partial charge on any atom is 0.231 e. The van der Waals surface area contributed by atoms with Crippen LogP contribution < -0.4 is 9.47 Å². The van der Waals surface area contributed by atoms with E-state index in [2.05, 4.69) is 15.9 Å². The second-order valence-electron chi connectivity index (χ2n) is 2.74. The number of fused-ring (bicyclic) bond motifs is 1. The van der Waals surface area contributed by atoms with E-state index in [1.165, 1.54) is 0 Å². The van der Waals surface area contributed by atoms with Gasteiger partial charge in [-0.1, -0.05) is 34.5 Å². The van der Waals surface area contributed by atoms with Crippen molar-refractivity contribution in [2.45, 2.75) is 13.3 Å². The summed E-state index contributed by atoms with van der Waals surface area (Å²) in [6, 6.07) is 1.90. The maximum absolute atomic E-state index is 6.12. The Morgan fingerprint density at radius 3 is 3.00 bits per heavy atom. The molecule has 0 N–H and O–H groups in total. The lowest BCUT2D eigenvalue weighted by Crippen LogP contribution is -1.93. The fraction of sp³-hybridized carbons (Fsp3) is 0.333. The van der Waals surface area contributed by atoms with Crippen molar-refractivity contribution in [3.05, 3.63) is 21.1 Å². The van der Waals surface area contributed by atoms with Crippen molar-refractivity contribution in [2.24, 2.45) is 0 Å². The normalized spacial score (nSPS) is 13.5. The summed E-state index contributed by atoms with van der Waals surface area (Å²) in [7, 11) is 0. The number of hydrogen-bond donors (Lipinski definition) is 0. The SMILES string of the molecule is CCc1c(Br)cc2c(c1Cl)OCO2. The van der Waals surface area contributed by atoms with Crippen LogP contribution in [0, 0.1) is 0 Å². The quantitative estimate of drug-likeness (QED) is 0.773. The van der Waals surface area contributed by atoms with Crippen molar-refractivity contribution >= 4 is 27.5 Å².